The highest BCUT2D eigenvalue weighted by Gasteiger charge is 2.29. The van der Waals surface area contributed by atoms with Gasteiger partial charge in [-0.25, -0.2) is 0 Å². The Labute approximate surface area is 129 Å². The van der Waals surface area contributed by atoms with E-state index in [0.29, 0.717) is 12.5 Å². The molecule has 0 aromatic rings. The maximum Gasteiger partial charge on any atom is 0.234 e. The zero-order chi connectivity index (χ0) is 15.1. The number of carbonyl (C=O) groups excluding carboxylic acids is 1. The number of aliphatic hydroxyl groups is 1. The largest absolute Gasteiger partial charge is 0.392 e. The van der Waals surface area contributed by atoms with E-state index >= 15 is 0 Å². The van der Waals surface area contributed by atoms with Crippen LogP contribution < -0.4 is 5.32 Å². The molecule has 0 spiro atoms. The Morgan fingerprint density at radius 3 is 2.62 bits per heavy atom. The minimum Gasteiger partial charge on any atom is -0.392 e. The molecule has 21 heavy (non-hydrogen) atoms. The summed E-state index contributed by atoms with van der Waals surface area (Å²) < 4.78 is 0. The van der Waals surface area contributed by atoms with Gasteiger partial charge in [-0.15, -0.1) is 0 Å². The lowest BCUT2D eigenvalue weighted by atomic mass is 9.89. The molecule has 2 unspecified atom stereocenters. The summed E-state index contributed by atoms with van der Waals surface area (Å²) in [5, 5.41) is 13.2. The van der Waals surface area contributed by atoms with Crippen LogP contribution in [0.5, 0.6) is 0 Å². The van der Waals surface area contributed by atoms with Crippen molar-refractivity contribution in [3.05, 3.63) is 0 Å². The lowest BCUT2D eigenvalue weighted by molar-refractivity contribution is -0.124. The maximum absolute atomic E-state index is 12.2. The summed E-state index contributed by atoms with van der Waals surface area (Å²) >= 11 is 0. The molecule has 4 nitrogen and oxygen atoms in total. The van der Waals surface area contributed by atoms with Gasteiger partial charge in [-0.05, 0) is 44.6 Å². The summed E-state index contributed by atoms with van der Waals surface area (Å²) in [7, 11) is 0. The molecule has 2 aliphatic rings. The fraction of sp³-hybridized carbons (Fsp3) is 0.941. The van der Waals surface area contributed by atoms with Crippen molar-refractivity contribution in [2.45, 2.75) is 76.9 Å². The maximum atomic E-state index is 12.2. The lowest BCUT2D eigenvalue weighted by Crippen LogP contribution is -2.50. The fourth-order valence-corrected chi connectivity index (χ4v) is 3.81. The summed E-state index contributed by atoms with van der Waals surface area (Å²) in [6, 6.07) is 0.171. The van der Waals surface area contributed by atoms with E-state index < -0.39 is 0 Å². The molecular formula is C17H32N2O2. The van der Waals surface area contributed by atoms with Gasteiger partial charge in [0.15, 0.2) is 0 Å². The van der Waals surface area contributed by atoms with Crippen LogP contribution in [0.4, 0.5) is 0 Å². The van der Waals surface area contributed by atoms with Crippen molar-refractivity contribution in [3.63, 3.8) is 0 Å². The van der Waals surface area contributed by atoms with Crippen molar-refractivity contribution in [3.8, 4) is 0 Å². The van der Waals surface area contributed by atoms with E-state index in [1.807, 2.05) is 6.92 Å². The van der Waals surface area contributed by atoms with Crippen LogP contribution >= 0.6 is 0 Å². The van der Waals surface area contributed by atoms with Crippen LogP contribution in [0.1, 0.15) is 64.7 Å². The lowest BCUT2D eigenvalue weighted by Gasteiger charge is -2.37. The monoisotopic (exact) mass is 296 g/mol. The molecule has 4 heteroatoms. The molecule has 1 aliphatic carbocycles. The summed E-state index contributed by atoms with van der Waals surface area (Å²) in [5.41, 5.74) is 0. The quantitative estimate of drug-likeness (QED) is 0.791. The molecular weight excluding hydrogens is 264 g/mol. The molecule has 0 aromatic heterocycles. The number of hydrogen-bond donors (Lipinski definition) is 2. The Morgan fingerprint density at radius 2 is 1.90 bits per heavy atom. The van der Waals surface area contributed by atoms with E-state index in [0.717, 1.165) is 32.4 Å². The molecule has 0 bridgehead atoms. The molecule has 0 radical (unpaired) electrons. The number of nitrogens with one attached hydrogen (secondary N) is 1. The highest BCUT2D eigenvalue weighted by molar-refractivity contribution is 5.78. The van der Waals surface area contributed by atoms with Gasteiger partial charge in [0.25, 0.3) is 0 Å². The molecule has 1 aliphatic heterocycles. The van der Waals surface area contributed by atoms with Crippen LogP contribution in [0.3, 0.4) is 0 Å². The van der Waals surface area contributed by atoms with Crippen LogP contribution in [-0.2, 0) is 4.79 Å². The average Bonchev–Trinajstić information content (AvgIpc) is 2.54. The summed E-state index contributed by atoms with van der Waals surface area (Å²) in [5.74, 6) is 0.817. The van der Waals surface area contributed by atoms with Gasteiger partial charge in [0.1, 0.15) is 0 Å². The molecule has 122 valence electrons. The van der Waals surface area contributed by atoms with Crippen molar-refractivity contribution in [2.24, 2.45) is 5.92 Å². The first-order chi connectivity index (χ1) is 10.2. The van der Waals surface area contributed by atoms with Gasteiger partial charge in [-0.2, -0.15) is 0 Å². The van der Waals surface area contributed by atoms with Crippen molar-refractivity contribution in [2.75, 3.05) is 19.6 Å². The zero-order valence-electron chi connectivity index (χ0n) is 13.5. The van der Waals surface area contributed by atoms with E-state index in [2.05, 4.69) is 10.2 Å². The number of amides is 1. The van der Waals surface area contributed by atoms with E-state index in [-0.39, 0.29) is 18.1 Å². The minimum absolute atomic E-state index is 0.135. The normalized spacial score (nSPS) is 26.5. The third kappa shape index (κ3) is 5.26. The first kappa shape index (κ1) is 16.8. The van der Waals surface area contributed by atoms with Crippen LogP contribution in [0.2, 0.25) is 0 Å². The summed E-state index contributed by atoms with van der Waals surface area (Å²) in [6.07, 6.45) is 10.3. The first-order valence-electron chi connectivity index (χ1n) is 8.89. The number of aliphatic hydroxyl groups excluding tert-OH is 1. The number of likely N-dealkylation sites (tertiary alicyclic amines) is 1. The Hall–Kier alpha value is -0.610. The van der Waals surface area contributed by atoms with Gasteiger partial charge in [0, 0.05) is 12.6 Å². The smallest absolute Gasteiger partial charge is 0.234 e. The topological polar surface area (TPSA) is 52.6 Å². The third-order valence-electron chi connectivity index (χ3n) is 5.19. The van der Waals surface area contributed by atoms with Crippen LogP contribution in [0.25, 0.3) is 0 Å². The highest BCUT2D eigenvalue weighted by Crippen LogP contribution is 2.23. The van der Waals surface area contributed by atoms with E-state index in [4.69, 9.17) is 0 Å². The Balaban J connectivity index is 1.74. The van der Waals surface area contributed by atoms with Gasteiger partial charge < -0.3 is 10.4 Å². The van der Waals surface area contributed by atoms with E-state index in [1.165, 1.54) is 38.5 Å². The molecule has 1 heterocycles. The number of rotatable bonds is 6. The Bertz CT molecular complexity index is 316. The highest BCUT2D eigenvalue weighted by atomic mass is 16.3. The van der Waals surface area contributed by atoms with Gasteiger partial charge in [0.2, 0.25) is 5.91 Å². The first-order valence-corrected chi connectivity index (χ1v) is 8.89. The zero-order valence-corrected chi connectivity index (χ0v) is 13.5. The van der Waals surface area contributed by atoms with Crippen molar-refractivity contribution >= 4 is 5.91 Å². The fourth-order valence-electron chi connectivity index (χ4n) is 3.81. The third-order valence-corrected chi connectivity index (χ3v) is 5.19. The molecule has 0 aromatic carbocycles. The van der Waals surface area contributed by atoms with Crippen molar-refractivity contribution < 1.29 is 9.90 Å². The molecule has 2 N–H and O–H groups in total. The molecule has 1 saturated carbocycles. The van der Waals surface area contributed by atoms with Crippen LogP contribution in [0.15, 0.2) is 0 Å². The van der Waals surface area contributed by atoms with Crippen molar-refractivity contribution in [1.29, 1.82) is 0 Å². The summed E-state index contributed by atoms with van der Waals surface area (Å²) in [6.45, 7) is 4.25. The van der Waals surface area contributed by atoms with Gasteiger partial charge in [0.05, 0.1) is 12.6 Å². The van der Waals surface area contributed by atoms with E-state index in [9.17, 15) is 9.90 Å². The van der Waals surface area contributed by atoms with Gasteiger partial charge >= 0.3 is 0 Å². The minimum atomic E-state index is -0.295. The Kier molecular flexibility index (Phi) is 6.97. The second kappa shape index (κ2) is 8.74. The predicted octanol–water partition coefficient (Wildman–Crippen LogP) is 2.31. The Morgan fingerprint density at radius 1 is 1.19 bits per heavy atom. The number of carbonyl (C=O) groups is 1. The summed E-state index contributed by atoms with van der Waals surface area (Å²) in [4.78, 5) is 14.4. The van der Waals surface area contributed by atoms with Crippen molar-refractivity contribution in [1.82, 2.24) is 10.2 Å². The van der Waals surface area contributed by atoms with Crippen LogP contribution in [0, 0.1) is 5.92 Å². The second-order valence-corrected chi connectivity index (χ2v) is 6.82. The SMILES string of the molecule is CCC(O)C1CCCCN1CC(=O)NCC1CCCCC1. The van der Waals surface area contributed by atoms with E-state index in [1.54, 1.807) is 0 Å². The number of piperidine rings is 1. The molecule has 1 amide bonds. The average molecular weight is 296 g/mol. The number of nitrogens with zero attached hydrogens (tertiary/aromatic N) is 1. The molecule has 2 rings (SSSR count). The van der Waals surface area contributed by atoms with Crippen LogP contribution in [-0.4, -0.2) is 47.7 Å². The molecule has 2 atom stereocenters. The standard InChI is InChI=1S/C17H32N2O2/c1-2-16(20)15-10-6-7-11-19(15)13-17(21)18-12-14-8-4-3-5-9-14/h14-16,20H,2-13H2,1H3,(H,18,21). The molecule has 2 fully saturated rings. The van der Waals surface area contributed by atoms with Gasteiger partial charge in [-0.1, -0.05) is 32.6 Å². The second-order valence-electron chi connectivity index (χ2n) is 6.82. The van der Waals surface area contributed by atoms with Gasteiger partial charge in [-0.3, -0.25) is 9.69 Å². The molecule has 1 saturated heterocycles. The predicted molar refractivity (Wildman–Crippen MR) is 85.1 cm³/mol. The number of hydrogen-bond acceptors (Lipinski definition) is 3.